The number of carbonyl (C=O) groups excluding carboxylic acids is 1. The molecule has 8 heteroatoms. The Hall–Kier alpha value is -2.19. The molecule has 1 N–H and O–H groups in total. The number of aromatic nitrogens is 4. The van der Waals surface area contributed by atoms with Gasteiger partial charge in [-0.3, -0.25) is 4.79 Å². The fourth-order valence-corrected chi connectivity index (χ4v) is 4.00. The summed E-state index contributed by atoms with van der Waals surface area (Å²) >= 11 is 2.82. The first-order valence-electron chi connectivity index (χ1n) is 8.81. The van der Waals surface area contributed by atoms with Gasteiger partial charge >= 0.3 is 0 Å². The van der Waals surface area contributed by atoms with Gasteiger partial charge in [0.2, 0.25) is 5.91 Å². The number of nitrogens with zero attached hydrogens (tertiary/aromatic N) is 4. The Kier molecular flexibility index (Phi) is 6.28. The third-order valence-electron chi connectivity index (χ3n) is 3.85. The summed E-state index contributed by atoms with van der Waals surface area (Å²) in [6.45, 7) is 9.04. The van der Waals surface area contributed by atoms with Crippen LogP contribution in [-0.4, -0.2) is 30.9 Å². The van der Waals surface area contributed by atoms with Gasteiger partial charge in [-0.2, -0.15) is 0 Å². The van der Waals surface area contributed by atoms with Crippen LogP contribution in [0.3, 0.4) is 0 Å². The predicted octanol–water partition coefficient (Wildman–Crippen LogP) is 4.49. The summed E-state index contributed by atoms with van der Waals surface area (Å²) in [4.78, 5) is 16.5. The second kappa shape index (κ2) is 8.67. The van der Waals surface area contributed by atoms with Crippen LogP contribution in [0, 0.1) is 12.8 Å². The maximum atomic E-state index is 12.4. The quantitative estimate of drug-likeness (QED) is 0.591. The highest BCUT2D eigenvalue weighted by Crippen LogP contribution is 2.28. The summed E-state index contributed by atoms with van der Waals surface area (Å²) in [7, 11) is 0. The summed E-state index contributed by atoms with van der Waals surface area (Å²) in [6, 6.07) is 8.23. The Labute approximate surface area is 167 Å². The minimum atomic E-state index is -0.311. The Morgan fingerprint density at radius 1 is 1.30 bits per heavy atom. The van der Waals surface area contributed by atoms with Gasteiger partial charge in [0.15, 0.2) is 16.1 Å². The van der Waals surface area contributed by atoms with Gasteiger partial charge in [0, 0.05) is 23.7 Å². The van der Waals surface area contributed by atoms with Crippen molar-refractivity contribution in [2.24, 2.45) is 5.92 Å². The molecular formula is C19H23N5OS2. The predicted molar refractivity (Wildman–Crippen MR) is 111 cm³/mol. The van der Waals surface area contributed by atoms with Gasteiger partial charge in [-0.1, -0.05) is 49.4 Å². The smallest absolute Gasteiger partial charge is 0.239 e. The molecule has 2 aromatic heterocycles. The fraction of sp³-hybridized carbons (Fsp3) is 0.368. The molecule has 0 aliphatic rings. The van der Waals surface area contributed by atoms with E-state index < -0.39 is 0 Å². The van der Waals surface area contributed by atoms with E-state index in [1.165, 1.54) is 28.7 Å². The molecule has 1 amide bonds. The van der Waals surface area contributed by atoms with Crippen molar-refractivity contribution in [3.8, 4) is 11.4 Å². The van der Waals surface area contributed by atoms with Crippen molar-refractivity contribution >= 4 is 34.1 Å². The van der Waals surface area contributed by atoms with Gasteiger partial charge in [0.05, 0.1) is 5.25 Å². The van der Waals surface area contributed by atoms with Gasteiger partial charge in [-0.05, 0) is 25.8 Å². The number of rotatable bonds is 7. The average Bonchev–Trinajstić information content (AvgIpc) is 3.25. The number of carbonyl (C=O) groups is 1. The van der Waals surface area contributed by atoms with Gasteiger partial charge in [-0.25, -0.2) is 4.98 Å². The van der Waals surface area contributed by atoms with E-state index in [9.17, 15) is 4.79 Å². The third kappa shape index (κ3) is 4.95. The van der Waals surface area contributed by atoms with E-state index in [0.717, 1.165) is 23.1 Å². The Balaban J connectivity index is 1.83. The van der Waals surface area contributed by atoms with Crippen molar-refractivity contribution in [3.63, 3.8) is 0 Å². The zero-order chi connectivity index (χ0) is 19.4. The molecule has 0 spiro atoms. The molecule has 1 aromatic carbocycles. The van der Waals surface area contributed by atoms with E-state index in [0.29, 0.717) is 11.0 Å². The summed E-state index contributed by atoms with van der Waals surface area (Å²) in [5, 5.41) is 14.5. The molecular weight excluding hydrogens is 378 g/mol. The second-order valence-corrected chi connectivity index (χ2v) is 8.97. The lowest BCUT2D eigenvalue weighted by Crippen LogP contribution is -2.23. The highest BCUT2D eigenvalue weighted by molar-refractivity contribution is 8.00. The molecule has 0 saturated heterocycles. The lowest BCUT2D eigenvalue weighted by atomic mass is 10.1. The molecule has 2 heterocycles. The number of amides is 1. The molecule has 0 aliphatic carbocycles. The van der Waals surface area contributed by atoms with Crippen LogP contribution in [0.1, 0.15) is 26.3 Å². The number of aryl methyl sites for hydroxylation is 1. The summed E-state index contributed by atoms with van der Waals surface area (Å²) < 4.78 is 2.11. The van der Waals surface area contributed by atoms with E-state index in [4.69, 9.17) is 0 Å². The Morgan fingerprint density at radius 2 is 2.11 bits per heavy atom. The second-order valence-electron chi connectivity index (χ2n) is 6.77. The number of thioether (sulfide) groups is 1. The van der Waals surface area contributed by atoms with Crippen molar-refractivity contribution in [2.45, 2.75) is 44.6 Å². The van der Waals surface area contributed by atoms with Crippen molar-refractivity contribution in [1.29, 1.82) is 0 Å². The van der Waals surface area contributed by atoms with E-state index in [-0.39, 0.29) is 11.2 Å². The van der Waals surface area contributed by atoms with Gasteiger partial charge in [0.25, 0.3) is 0 Å². The standard InChI is InChI=1S/C19H23N5OS2/c1-12(2)11-24-16(15-7-5-6-13(3)10-15)22-23-19(24)27-14(4)17(25)21-18-20-8-9-26-18/h5-10,12,14H,11H2,1-4H3,(H,20,21,25). The molecule has 6 nitrogen and oxygen atoms in total. The van der Waals surface area contributed by atoms with Gasteiger partial charge in [-0.15, -0.1) is 21.5 Å². The van der Waals surface area contributed by atoms with Crippen molar-refractivity contribution < 1.29 is 4.79 Å². The summed E-state index contributed by atoms with van der Waals surface area (Å²) in [5.41, 5.74) is 2.21. The number of nitrogens with one attached hydrogen (secondary N) is 1. The Morgan fingerprint density at radius 3 is 2.78 bits per heavy atom. The van der Waals surface area contributed by atoms with E-state index in [1.807, 2.05) is 24.4 Å². The van der Waals surface area contributed by atoms with Crippen LogP contribution < -0.4 is 5.32 Å². The van der Waals surface area contributed by atoms with Crippen LogP contribution in [0.4, 0.5) is 5.13 Å². The molecule has 0 fully saturated rings. The van der Waals surface area contributed by atoms with Crippen molar-refractivity contribution in [1.82, 2.24) is 19.7 Å². The van der Waals surface area contributed by atoms with Crippen LogP contribution in [-0.2, 0) is 11.3 Å². The molecule has 3 aromatic rings. The monoisotopic (exact) mass is 401 g/mol. The normalized spacial score (nSPS) is 12.3. The van der Waals surface area contributed by atoms with Gasteiger partial charge in [0.1, 0.15) is 0 Å². The van der Waals surface area contributed by atoms with Crippen molar-refractivity contribution in [3.05, 3.63) is 41.4 Å². The molecule has 0 aliphatic heterocycles. The number of benzene rings is 1. The zero-order valence-corrected chi connectivity index (χ0v) is 17.5. The highest BCUT2D eigenvalue weighted by Gasteiger charge is 2.22. The molecule has 142 valence electrons. The zero-order valence-electron chi connectivity index (χ0n) is 15.8. The van der Waals surface area contributed by atoms with E-state index in [2.05, 4.69) is 58.0 Å². The topological polar surface area (TPSA) is 72.7 Å². The van der Waals surface area contributed by atoms with Crippen LogP contribution in [0.5, 0.6) is 0 Å². The van der Waals surface area contributed by atoms with Crippen LogP contribution in [0.25, 0.3) is 11.4 Å². The number of hydrogen-bond donors (Lipinski definition) is 1. The van der Waals surface area contributed by atoms with Crippen LogP contribution >= 0.6 is 23.1 Å². The Bertz CT molecular complexity index is 905. The van der Waals surface area contributed by atoms with Gasteiger partial charge < -0.3 is 9.88 Å². The van der Waals surface area contributed by atoms with Crippen LogP contribution in [0.2, 0.25) is 0 Å². The molecule has 0 saturated carbocycles. The minimum Gasteiger partial charge on any atom is -0.302 e. The molecule has 0 radical (unpaired) electrons. The molecule has 3 rings (SSSR count). The average molecular weight is 402 g/mol. The lowest BCUT2D eigenvalue weighted by Gasteiger charge is -2.15. The molecule has 27 heavy (non-hydrogen) atoms. The first kappa shape index (κ1) is 19.6. The molecule has 1 unspecified atom stereocenters. The number of anilines is 1. The largest absolute Gasteiger partial charge is 0.302 e. The van der Waals surface area contributed by atoms with Crippen molar-refractivity contribution in [2.75, 3.05) is 5.32 Å². The number of hydrogen-bond acceptors (Lipinski definition) is 6. The first-order valence-corrected chi connectivity index (χ1v) is 10.6. The SMILES string of the molecule is Cc1cccc(-c2nnc(SC(C)C(=O)Nc3nccs3)n2CC(C)C)c1. The lowest BCUT2D eigenvalue weighted by molar-refractivity contribution is -0.115. The fourth-order valence-electron chi connectivity index (χ4n) is 2.61. The maximum Gasteiger partial charge on any atom is 0.239 e. The highest BCUT2D eigenvalue weighted by atomic mass is 32.2. The van der Waals surface area contributed by atoms with E-state index in [1.54, 1.807) is 6.20 Å². The van der Waals surface area contributed by atoms with E-state index >= 15 is 0 Å². The number of thiazole rings is 1. The molecule has 1 atom stereocenters. The maximum absolute atomic E-state index is 12.4. The first-order chi connectivity index (χ1) is 12.9. The summed E-state index contributed by atoms with van der Waals surface area (Å²) in [6.07, 6.45) is 1.67. The third-order valence-corrected chi connectivity index (χ3v) is 5.62. The summed E-state index contributed by atoms with van der Waals surface area (Å²) in [5.74, 6) is 1.18. The molecule has 0 bridgehead atoms. The minimum absolute atomic E-state index is 0.0915. The van der Waals surface area contributed by atoms with Crippen LogP contribution in [0.15, 0.2) is 41.0 Å².